The fourth-order valence-corrected chi connectivity index (χ4v) is 2.61. The van der Waals surface area contributed by atoms with E-state index >= 15 is 0 Å². The minimum Gasteiger partial charge on any atom is -0.384 e. The Balaban J connectivity index is 1.85. The fraction of sp³-hybridized carbons (Fsp3) is 0.667. The van der Waals surface area contributed by atoms with Gasteiger partial charge in [0.1, 0.15) is 5.82 Å². The van der Waals surface area contributed by atoms with E-state index in [1.807, 2.05) is 6.20 Å². The van der Waals surface area contributed by atoms with E-state index in [0.29, 0.717) is 5.92 Å². The molecular formula is C15H25N3O. The minimum atomic E-state index is 0.699. The SMILES string of the molecule is CCCNc1cc(CN2CCC(COC)C2)ccn1. The van der Waals surface area contributed by atoms with Gasteiger partial charge in [-0.1, -0.05) is 6.92 Å². The molecule has 0 saturated carbocycles. The Morgan fingerprint density at radius 3 is 3.21 bits per heavy atom. The first kappa shape index (κ1) is 14.3. The van der Waals surface area contributed by atoms with Crippen molar-refractivity contribution in [2.45, 2.75) is 26.3 Å². The van der Waals surface area contributed by atoms with Crippen LogP contribution in [0.4, 0.5) is 5.82 Å². The molecule has 0 aromatic carbocycles. The van der Waals surface area contributed by atoms with Crippen molar-refractivity contribution in [3.63, 3.8) is 0 Å². The maximum Gasteiger partial charge on any atom is 0.126 e. The predicted octanol–water partition coefficient (Wildman–Crippen LogP) is 2.37. The molecule has 1 saturated heterocycles. The molecule has 1 aromatic rings. The van der Waals surface area contributed by atoms with Gasteiger partial charge < -0.3 is 10.1 Å². The Morgan fingerprint density at radius 2 is 2.42 bits per heavy atom. The smallest absolute Gasteiger partial charge is 0.126 e. The highest BCUT2D eigenvalue weighted by atomic mass is 16.5. The number of nitrogens with one attached hydrogen (secondary N) is 1. The Morgan fingerprint density at radius 1 is 1.53 bits per heavy atom. The predicted molar refractivity (Wildman–Crippen MR) is 78.3 cm³/mol. The van der Waals surface area contributed by atoms with Crippen molar-refractivity contribution in [1.29, 1.82) is 0 Å². The van der Waals surface area contributed by atoms with Gasteiger partial charge in [0.05, 0.1) is 6.61 Å². The number of methoxy groups -OCH3 is 1. The van der Waals surface area contributed by atoms with E-state index in [1.165, 1.54) is 18.5 Å². The van der Waals surface area contributed by atoms with E-state index in [2.05, 4.69) is 34.3 Å². The molecule has 1 N–H and O–H groups in total. The van der Waals surface area contributed by atoms with Gasteiger partial charge >= 0.3 is 0 Å². The highest BCUT2D eigenvalue weighted by Crippen LogP contribution is 2.19. The molecule has 0 amide bonds. The number of rotatable bonds is 7. The number of ether oxygens (including phenoxy) is 1. The van der Waals surface area contributed by atoms with Gasteiger partial charge in [0.15, 0.2) is 0 Å². The molecule has 1 aromatic heterocycles. The van der Waals surface area contributed by atoms with Gasteiger partial charge in [-0.2, -0.15) is 0 Å². The summed E-state index contributed by atoms with van der Waals surface area (Å²) in [7, 11) is 1.79. The fourth-order valence-electron chi connectivity index (χ4n) is 2.61. The number of nitrogens with zero attached hydrogens (tertiary/aromatic N) is 2. The van der Waals surface area contributed by atoms with Crippen LogP contribution in [0.3, 0.4) is 0 Å². The first-order valence-corrected chi connectivity index (χ1v) is 7.22. The van der Waals surface area contributed by atoms with Crippen LogP contribution in [-0.2, 0) is 11.3 Å². The third-order valence-electron chi connectivity index (χ3n) is 3.56. The summed E-state index contributed by atoms with van der Waals surface area (Å²) in [4.78, 5) is 6.85. The normalized spacial score (nSPS) is 19.8. The van der Waals surface area contributed by atoms with Crippen LogP contribution in [0.15, 0.2) is 18.3 Å². The zero-order valence-electron chi connectivity index (χ0n) is 12.1. The van der Waals surface area contributed by atoms with Gasteiger partial charge in [-0.25, -0.2) is 4.98 Å². The standard InChI is InChI=1S/C15H25N3O/c1-3-6-16-15-9-13(4-7-17-15)10-18-8-5-14(11-18)12-19-2/h4,7,9,14H,3,5-6,8,10-12H2,1-2H3,(H,16,17). The molecule has 1 aliphatic rings. The van der Waals surface area contributed by atoms with E-state index in [4.69, 9.17) is 4.74 Å². The maximum absolute atomic E-state index is 5.24. The topological polar surface area (TPSA) is 37.4 Å². The molecule has 4 heteroatoms. The number of aromatic nitrogens is 1. The molecule has 1 unspecified atom stereocenters. The average molecular weight is 263 g/mol. The Bertz CT molecular complexity index is 383. The number of likely N-dealkylation sites (tertiary alicyclic amines) is 1. The van der Waals surface area contributed by atoms with Crippen molar-refractivity contribution < 1.29 is 4.74 Å². The van der Waals surface area contributed by atoms with Crippen LogP contribution in [0.2, 0.25) is 0 Å². The van der Waals surface area contributed by atoms with Crippen molar-refractivity contribution in [3.05, 3.63) is 23.9 Å². The first-order chi connectivity index (χ1) is 9.31. The molecule has 1 atom stereocenters. The second kappa shape index (κ2) is 7.46. The molecule has 1 aliphatic heterocycles. The lowest BCUT2D eigenvalue weighted by Gasteiger charge is -2.16. The van der Waals surface area contributed by atoms with Crippen LogP contribution in [0.5, 0.6) is 0 Å². The number of hydrogen-bond donors (Lipinski definition) is 1. The van der Waals surface area contributed by atoms with E-state index < -0.39 is 0 Å². The van der Waals surface area contributed by atoms with E-state index in [-0.39, 0.29) is 0 Å². The summed E-state index contributed by atoms with van der Waals surface area (Å²) in [5, 5.41) is 3.34. The molecule has 1 fully saturated rings. The van der Waals surface area contributed by atoms with Crippen molar-refractivity contribution in [2.75, 3.05) is 38.7 Å². The average Bonchev–Trinajstić information content (AvgIpc) is 2.85. The zero-order chi connectivity index (χ0) is 13.5. The lowest BCUT2D eigenvalue weighted by Crippen LogP contribution is -2.21. The minimum absolute atomic E-state index is 0.699. The number of hydrogen-bond acceptors (Lipinski definition) is 4. The molecular weight excluding hydrogens is 238 g/mol. The Kier molecular flexibility index (Phi) is 5.61. The van der Waals surface area contributed by atoms with Crippen LogP contribution < -0.4 is 5.32 Å². The molecule has 106 valence electrons. The van der Waals surface area contributed by atoms with Crippen molar-refractivity contribution >= 4 is 5.82 Å². The summed E-state index contributed by atoms with van der Waals surface area (Å²) in [6.07, 6.45) is 4.27. The van der Waals surface area contributed by atoms with Gasteiger partial charge in [0, 0.05) is 32.9 Å². The van der Waals surface area contributed by atoms with Crippen molar-refractivity contribution in [2.24, 2.45) is 5.92 Å². The highest BCUT2D eigenvalue weighted by molar-refractivity contribution is 5.37. The number of anilines is 1. The van der Waals surface area contributed by atoms with Crippen LogP contribution in [0, 0.1) is 5.92 Å². The summed E-state index contributed by atoms with van der Waals surface area (Å²) >= 11 is 0. The second-order valence-electron chi connectivity index (χ2n) is 5.32. The van der Waals surface area contributed by atoms with Gasteiger partial charge in [0.25, 0.3) is 0 Å². The molecule has 4 nitrogen and oxygen atoms in total. The van der Waals surface area contributed by atoms with Gasteiger partial charge in [0.2, 0.25) is 0 Å². The van der Waals surface area contributed by atoms with E-state index in [1.54, 1.807) is 7.11 Å². The van der Waals surface area contributed by atoms with Crippen molar-refractivity contribution in [1.82, 2.24) is 9.88 Å². The van der Waals surface area contributed by atoms with Crippen LogP contribution in [0.25, 0.3) is 0 Å². The lowest BCUT2D eigenvalue weighted by atomic mass is 10.1. The summed E-state index contributed by atoms with van der Waals surface area (Å²) in [6, 6.07) is 4.28. The quantitative estimate of drug-likeness (QED) is 0.819. The molecule has 0 spiro atoms. The third kappa shape index (κ3) is 4.48. The zero-order valence-corrected chi connectivity index (χ0v) is 12.1. The molecule has 2 heterocycles. The largest absolute Gasteiger partial charge is 0.384 e. The Labute approximate surface area is 116 Å². The maximum atomic E-state index is 5.24. The van der Waals surface area contributed by atoms with Crippen LogP contribution in [-0.4, -0.2) is 43.2 Å². The monoisotopic (exact) mass is 263 g/mol. The van der Waals surface area contributed by atoms with Crippen molar-refractivity contribution in [3.8, 4) is 0 Å². The van der Waals surface area contributed by atoms with Gasteiger partial charge in [-0.15, -0.1) is 0 Å². The molecule has 0 radical (unpaired) electrons. The molecule has 0 aliphatic carbocycles. The molecule has 19 heavy (non-hydrogen) atoms. The summed E-state index contributed by atoms with van der Waals surface area (Å²) in [6.45, 7) is 7.37. The van der Waals surface area contributed by atoms with Crippen LogP contribution in [0.1, 0.15) is 25.3 Å². The van der Waals surface area contributed by atoms with E-state index in [0.717, 1.165) is 38.5 Å². The molecule has 0 bridgehead atoms. The van der Waals surface area contributed by atoms with E-state index in [9.17, 15) is 0 Å². The summed E-state index contributed by atoms with van der Waals surface area (Å²) in [5.74, 6) is 1.69. The van der Waals surface area contributed by atoms with Gasteiger partial charge in [-0.05, 0) is 43.0 Å². The van der Waals surface area contributed by atoms with Crippen LogP contribution >= 0.6 is 0 Å². The third-order valence-corrected chi connectivity index (χ3v) is 3.56. The lowest BCUT2D eigenvalue weighted by molar-refractivity contribution is 0.152. The van der Waals surface area contributed by atoms with Gasteiger partial charge in [-0.3, -0.25) is 4.90 Å². The molecule has 2 rings (SSSR count). The first-order valence-electron chi connectivity index (χ1n) is 7.22. The Hall–Kier alpha value is -1.13. The highest BCUT2D eigenvalue weighted by Gasteiger charge is 2.22. The number of pyridine rings is 1. The summed E-state index contributed by atoms with van der Waals surface area (Å²) in [5.41, 5.74) is 1.34. The summed E-state index contributed by atoms with van der Waals surface area (Å²) < 4.78 is 5.24. The second-order valence-corrected chi connectivity index (χ2v) is 5.32.